The number of carbonyl (C=O) groups excluding carboxylic acids is 1. The van der Waals surface area contributed by atoms with Gasteiger partial charge < -0.3 is 14.7 Å². The molecule has 19 heavy (non-hydrogen) atoms. The quantitative estimate of drug-likeness (QED) is 0.390. The lowest BCUT2D eigenvalue weighted by atomic mass is 10.1. The zero-order chi connectivity index (χ0) is 14.7. The second kappa shape index (κ2) is 10.3. The lowest BCUT2D eigenvalue weighted by Crippen LogP contribution is -2.19. The Bertz CT molecular complexity index is 295. The molecule has 0 spiro atoms. The van der Waals surface area contributed by atoms with E-state index in [4.69, 9.17) is 15.1 Å². The molecule has 3 N–H and O–H groups in total. The monoisotopic (exact) mass is 298 g/mol. The number of hydrogen-bond donors (Lipinski definition) is 3. The number of aliphatic hydroxyl groups excluding tert-OH is 2. The van der Waals surface area contributed by atoms with Crippen LogP contribution in [0.2, 0.25) is 0 Å². The average Bonchev–Trinajstić information content (AvgIpc) is 2.35. The van der Waals surface area contributed by atoms with E-state index in [0.29, 0.717) is 6.42 Å². The smallest absolute Gasteiger partial charge is 0.394 e. The van der Waals surface area contributed by atoms with Gasteiger partial charge in [0.2, 0.25) is 0 Å². The minimum atomic E-state index is -4.50. The normalized spacial score (nSPS) is 15.8. The number of carbonyl (C=O) groups is 1. The van der Waals surface area contributed by atoms with E-state index in [9.17, 15) is 9.36 Å². The minimum Gasteiger partial charge on any atom is -0.394 e. The minimum absolute atomic E-state index is 0.0557. The summed E-state index contributed by atoms with van der Waals surface area (Å²) in [5.41, 5.74) is 0. The van der Waals surface area contributed by atoms with Crippen LogP contribution in [0, 0.1) is 0 Å². The van der Waals surface area contributed by atoms with Crippen LogP contribution in [0.4, 0.5) is 0 Å². The molecule has 0 aromatic heterocycles. The summed E-state index contributed by atoms with van der Waals surface area (Å²) < 4.78 is 19.9. The molecule has 0 saturated carbocycles. The molecule has 0 saturated heterocycles. The summed E-state index contributed by atoms with van der Waals surface area (Å²) in [6.45, 7) is 0.897. The van der Waals surface area contributed by atoms with Gasteiger partial charge in [0.25, 0.3) is 0 Å². The third-order valence-corrected chi connectivity index (χ3v) is 3.25. The Balaban J connectivity index is 3.80. The van der Waals surface area contributed by atoms with E-state index in [1.807, 2.05) is 0 Å². The molecule has 0 aliphatic heterocycles. The summed E-state index contributed by atoms with van der Waals surface area (Å²) in [6.07, 6.45) is 3.43. The molecule has 0 aromatic carbocycles. The predicted molar refractivity (Wildman–Crippen MR) is 68.3 cm³/mol. The standard InChI is InChI=1S/C11H23O7P/c1-2-3-4-5-6-7-11(14)18-19(15,16)17-9-10(13)8-12/h10,12-13H,2-9H2,1H3,(H,15,16). The van der Waals surface area contributed by atoms with Gasteiger partial charge in [-0.25, -0.2) is 4.57 Å². The van der Waals surface area contributed by atoms with Gasteiger partial charge in [0.05, 0.1) is 13.2 Å². The van der Waals surface area contributed by atoms with Gasteiger partial charge in [0.1, 0.15) is 6.10 Å². The summed E-state index contributed by atoms with van der Waals surface area (Å²) in [6, 6.07) is 0. The van der Waals surface area contributed by atoms with E-state index in [0.717, 1.165) is 25.7 Å². The van der Waals surface area contributed by atoms with Gasteiger partial charge in [-0.15, -0.1) is 0 Å². The highest BCUT2D eigenvalue weighted by atomic mass is 31.2. The molecule has 8 heteroatoms. The van der Waals surface area contributed by atoms with E-state index < -0.39 is 33.1 Å². The van der Waals surface area contributed by atoms with Crippen LogP contribution in [0.15, 0.2) is 0 Å². The van der Waals surface area contributed by atoms with E-state index in [1.165, 1.54) is 0 Å². The number of phosphoric acid groups is 1. The van der Waals surface area contributed by atoms with Crippen molar-refractivity contribution in [3.63, 3.8) is 0 Å². The first-order valence-electron chi connectivity index (χ1n) is 6.40. The van der Waals surface area contributed by atoms with Crippen LogP contribution in [-0.2, 0) is 18.4 Å². The summed E-state index contributed by atoms with van der Waals surface area (Å²) >= 11 is 0. The van der Waals surface area contributed by atoms with Crippen LogP contribution in [-0.4, -0.2) is 40.4 Å². The predicted octanol–water partition coefficient (Wildman–Crippen LogP) is 1.36. The second-order valence-corrected chi connectivity index (χ2v) is 5.61. The number of aliphatic hydroxyl groups is 2. The van der Waals surface area contributed by atoms with Gasteiger partial charge in [-0.2, -0.15) is 0 Å². The molecular weight excluding hydrogens is 275 g/mol. The SMILES string of the molecule is CCCCCCCC(=O)OP(=O)(O)OCC(O)CO. The van der Waals surface area contributed by atoms with Gasteiger partial charge in [0.15, 0.2) is 0 Å². The fourth-order valence-corrected chi connectivity index (χ4v) is 2.07. The maximum atomic E-state index is 11.3. The van der Waals surface area contributed by atoms with E-state index in [2.05, 4.69) is 16.0 Å². The lowest BCUT2D eigenvalue weighted by Gasteiger charge is -2.13. The van der Waals surface area contributed by atoms with Gasteiger partial charge >= 0.3 is 13.8 Å². The van der Waals surface area contributed by atoms with Crippen LogP contribution in [0.25, 0.3) is 0 Å². The molecule has 2 unspecified atom stereocenters. The molecular formula is C11H23O7P. The Hall–Kier alpha value is -0.460. The molecule has 0 heterocycles. The van der Waals surface area contributed by atoms with Gasteiger partial charge in [-0.3, -0.25) is 14.2 Å². The summed E-state index contributed by atoms with van der Waals surface area (Å²) in [4.78, 5) is 20.4. The Kier molecular flexibility index (Phi) is 10.1. The number of rotatable bonds is 11. The van der Waals surface area contributed by atoms with Crippen LogP contribution in [0.3, 0.4) is 0 Å². The van der Waals surface area contributed by atoms with Crippen molar-refractivity contribution in [2.24, 2.45) is 0 Å². The van der Waals surface area contributed by atoms with Crippen molar-refractivity contribution >= 4 is 13.8 Å². The fourth-order valence-electron chi connectivity index (χ4n) is 1.31. The number of unbranched alkanes of at least 4 members (excludes halogenated alkanes) is 4. The second-order valence-electron chi connectivity index (χ2n) is 4.23. The molecule has 0 amide bonds. The zero-order valence-corrected chi connectivity index (χ0v) is 12.1. The lowest BCUT2D eigenvalue weighted by molar-refractivity contribution is -0.136. The van der Waals surface area contributed by atoms with Crippen LogP contribution < -0.4 is 0 Å². The Morgan fingerprint density at radius 1 is 1.26 bits per heavy atom. The average molecular weight is 298 g/mol. The summed E-state index contributed by atoms with van der Waals surface area (Å²) in [5.74, 6) is -0.805. The van der Waals surface area contributed by atoms with E-state index >= 15 is 0 Å². The van der Waals surface area contributed by atoms with Crippen molar-refractivity contribution in [3.05, 3.63) is 0 Å². The molecule has 0 rings (SSSR count). The van der Waals surface area contributed by atoms with Crippen molar-refractivity contribution in [1.29, 1.82) is 0 Å². The van der Waals surface area contributed by atoms with Crippen LogP contribution in [0.5, 0.6) is 0 Å². The third-order valence-electron chi connectivity index (χ3n) is 2.34. The van der Waals surface area contributed by atoms with Crippen molar-refractivity contribution in [3.8, 4) is 0 Å². The maximum Gasteiger partial charge on any atom is 0.529 e. The maximum absolute atomic E-state index is 11.3. The number of hydrogen-bond acceptors (Lipinski definition) is 6. The molecule has 0 radical (unpaired) electrons. The first kappa shape index (κ1) is 18.5. The fraction of sp³-hybridized carbons (Fsp3) is 0.909. The van der Waals surface area contributed by atoms with E-state index in [-0.39, 0.29) is 6.42 Å². The van der Waals surface area contributed by atoms with Crippen LogP contribution in [0.1, 0.15) is 45.4 Å². The molecule has 114 valence electrons. The third kappa shape index (κ3) is 11.1. The molecule has 0 bridgehead atoms. The Labute approximate surface area is 113 Å². The molecule has 0 aromatic rings. The summed E-state index contributed by atoms with van der Waals surface area (Å²) in [5, 5.41) is 17.4. The van der Waals surface area contributed by atoms with Crippen molar-refractivity contribution in [2.45, 2.75) is 51.6 Å². The Morgan fingerprint density at radius 2 is 1.89 bits per heavy atom. The highest BCUT2D eigenvalue weighted by Crippen LogP contribution is 2.43. The molecule has 0 aliphatic rings. The van der Waals surface area contributed by atoms with Crippen molar-refractivity contribution in [2.75, 3.05) is 13.2 Å². The highest BCUT2D eigenvalue weighted by molar-refractivity contribution is 7.48. The first-order valence-corrected chi connectivity index (χ1v) is 7.89. The molecule has 7 nitrogen and oxygen atoms in total. The van der Waals surface area contributed by atoms with Gasteiger partial charge in [0, 0.05) is 6.42 Å². The largest absolute Gasteiger partial charge is 0.529 e. The summed E-state index contributed by atoms with van der Waals surface area (Å²) in [7, 11) is -4.50. The molecule has 0 fully saturated rings. The highest BCUT2D eigenvalue weighted by Gasteiger charge is 2.26. The first-order chi connectivity index (χ1) is 8.91. The molecule has 2 atom stereocenters. The zero-order valence-electron chi connectivity index (χ0n) is 11.2. The van der Waals surface area contributed by atoms with Crippen molar-refractivity contribution in [1.82, 2.24) is 0 Å². The molecule has 0 aliphatic carbocycles. The van der Waals surface area contributed by atoms with Gasteiger partial charge in [-0.05, 0) is 6.42 Å². The van der Waals surface area contributed by atoms with E-state index in [1.54, 1.807) is 0 Å². The van der Waals surface area contributed by atoms with Crippen LogP contribution >= 0.6 is 7.82 Å². The van der Waals surface area contributed by atoms with Gasteiger partial charge in [-0.1, -0.05) is 32.6 Å². The van der Waals surface area contributed by atoms with Crippen molar-refractivity contribution < 1.29 is 33.5 Å². The topological polar surface area (TPSA) is 113 Å². The number of phosphoric ester groups is 1. The Morgan fingerprint density at radius 3 is 2.47 bits per heavy atom.